The summed E-state index contributed by atoms with van der Waals surface area (Å²) < 4.78 is 38.2. The molecule has 0 spiro atoms. The number of benzene rings is 1. The number of aliphatic hydroxyl groups is 1. The van der Waals surface area contributed by atoms with Crippen LogP contribution in [0.15, 0.2) is 24.3 Å². The molecule has 0 aromatic heterocycles. The van der Waals surface area contributed by atoms with Crippen molar-refractivity contribution in [1.82, 2.24) is 4.90 Å². The number of likely N-dealkylation sites (N-methyl/N-ethyl adjacent to an activating group) is 1. The van der Waals surface area contributed by atoms with Crippen molar-refractivity contribution in [3.8, 4) is 0 Å². The first-order chi connectivity index (χ1) is 8.29. The molecule has 6 heteroatoms. The summed E-state index contributed by atoms with van der Waals surface area (Å²) >= 11 is 0. The minimum absolute atomic E-state index is 0.309. The summed E-state index contributed by atoms with van der Waals surface area (Å²) in [4.78, 5) is 13.0. The smallest absolute Gasteiger partial charge is 0.394 e. The zero-order chi connectivity index (χ0) is 13.9. The molecule has 0 saturated heterocycles. The average molecular weight is 261 g/mol. The highest BCUT2D eigenvalue weighted by atomic mass is 19.4. The van der Waals surface area contributed by atoms with E-state index < -0.39 is 29.3 Å². The van der Waals surface area contributed by atoms with Gasteiger partial charge in [0, 0.05) is 7.05 Å². The highest BCUT2D eigenvalue weighted by molar-refractivity contribution is 5.95. The van der Waals surface area contributed by atoms with Gasteiger partial charge in [0.15, 0.2) is 0 Å². The van der Waals surface area contributed by atoms with Crippen molar-refractivity contribution in [2.45, 2.75) is 19.1 Å². The Bertz CT molecular complexity index is 432. The van der Waals surface area contributed by atoms with Gasteiger partial charge in [-0.25, -0.2) is 0 Å². The maximum atomic E-state index is 12.7. The molecule has 1 amide bonds. The number of nitrogens with zero attached hydrogens (tertiary/aromatic N) is 1. The molecule has 100 valence electrons. The lowest BCUT2D eigenvalue weighted by atomic mass is 10.1. The fourth-order valence-electron chi connectivity index (χ4n) is 1.43. The average Bonchev–Trinajstić information content (AvgIpc) is 2.35. The van der Waals surface area contributed by atoms with Crippen LogP contribution >= 0.6 is 0 Å². The number of carbonyl (C=O) groups excluding carboxylic acids is 1. The van der Waals surface area contributed by atoms with Crippen molar-refractivity contribution in [3.63, 3.8) is 0 Å². The molecule has 1 rings (SSSR count). The number of carbonyl (C=O) groups is 1. The zero-order valence-electron chi connectivity index (χ0n) is 10.0. The number of hydrogen-bond acceptors (Lipinski definition) is 2. The number of halogens is 3. The van der Waals surface area contributed by atoms with E-state index >= 15 is 0 Å². The lowest BCUT2D eigenvalue weighted by Gasteiger charge is -2.24. The molecule has 18 heavy (non-hydrogen) atoms. The number of aliphatic hydroxyl groups excluding tert-OH is 1. The molecule has 1 unspecified atom stereocenters. The second kappa shape index (κ2) is 5.39. The maximum Gasteiger partial charge on any atom is 0.417 e. The van der Waals surface area contributed by atoms with E-state index in [1.807, 2.05) is 0 Å². The van der Waals surface area contributed by atoms with E-state index in [2.05, 4.69) is 0 Å². The lowest BCUT2D eigenvalue weighted by molar-refractivity contribution is -0.138. The summed E-state index contributed by atoms with van der Waals surface area (Å²) in [6.07, 6.45) is -4.57. The zero-order valence-corrected chi connectivity index (χ0v) is 10.0. The Labute approximate surface area is 103 Å². The topological polar surface area (TPSA) is 40.5 Å². The molecule has 0 aliphatic rings. The fraction of sp³-hybridized carbons (Fsp3) is 0.417. The number of amides is 1. The summed E-state index contributed by atoms with van der Waals surface area (Å²) in [7, 11) is 1.36. The quantitative estimate of drug-likeness (QED) is 0.905. The van der Waals surface area contributed by atoms with E-state index in [9.17, 15) is 18.0 Å². The Kier molecular flexibility index (Phi) is 4.34. The van der Waals surface area contributed by atoms with Gasteiger partial charge in [0.05, 0.1) is 23.8 Å². The van der Waals surface area contributed by atoms with Crippen molar-refractivity contribution in [2.75, 3.05) is 13.7 Å². The molecule has 0 aliphatic heterocycles. The summed E-state index contributed by atoms with van der Waals surface area (Å²) in [5.41, 5.74) is -1.38. The SMILES string of the molecule is CC(CO)N(C)C(=O)c1ccccc1C(F)(F)F. The summed E-state index contributed by atoms with van der Waals surface area (Å²) in [6, 6.07) is 4.06. The standard InChI is InChI=1S/C12H14F3NO2/c1-8(7-17)16(2)11(18)9-5-3-4-6-10(9)12(13,14)15/h3-6,8,17H,7H2,1-2H3. The Morgan fingerprint density at radius 3 is 2.44 bits per heavy atom. The third-order valence-corrected chi connectivity index (χ3v) is 2.71. The second-order valence-corrected chi connectivity index (χ2v) is 3.99. The number of hydrogen-bond donors (Lipinski definition) is 1. The second-order valence-electron chi connectivity index (χ2n) is 3.99. The monoisotopic (exact) mass is 261 g/mol. The van der Waals surface area contributed by atoms with Crippen LogP contribution in [0.3, 0.4) is 0 Å². The van der Waals surface area contributed by atoms with Crippen LogP contribution < -0.4 is 0 Å². The van der Waals surface area contributed by atoms with Crippen molar-refractivity contribution in [3.05, 3.63) is 35.4 Å². The molecule has 0 aliphatic carbocycles. The van der Waals surface area contributed by atoms with Crippen LogP contribution in [0.2, 0.25) is 0 Å². The van der Waals surface area contributed by atoms with E-state index in [0.29, 0.717) is 0 Å². The van der Waals surface area contributed by atoms with Gasteiger partial charge in [0.1, 0.15) is 0 Å². The molecular formula is C12H14F3NO2. The Hall–Kier alpha value is -1.56. The molecule has 1 aromatic carbocycles. The van der Waals surface area contributed by atoms with Gasteiger partial charge in [0.2, 0.25) is 0 Å². The highest BCUT2D eigenvalue weighted by Gasteiger charge is 2.35. The van der Waals surface area contributed by atoms with Crippen LogP contribution in [-0.4, -0.2) is 35.6 Å². The third-order valence-electron chi connectivity index (χ3n) is 2.71. The van der Waals surface area contributed by atoms with Gasteiger partial charge >= 0.3 is 6.18 Å². The predicted molar refractivity (Wildman–Crippen MR) is 60.1 cm³/mol. The van der Waals surface area contributed by atoms with E-state index in [0.717, 1.165) is 17.0 Å². The minimum Gasteiger partial charge on any atom is -0.394 e. The lowest BCUT2D eigenvalue weighted by Crippen LogP contribution is -2.38. The molecule has 1 atom stereocenters. The molecule has 0 saturated carbocycles. The van der Waals surface area contributed by atoms with Gasteiger partial charge in [-0.3, -0.25) is 4.79 Å². The van der Waals surface area contributed by atoms with Gasteiger partial charge in [0.25, 0.3) is 5.91 Å². The molecule has 0 bridgehead atoms. The molecule has 0 heterocycles. The van der Waals surface area contributed by atoms with Crippen molar-refractivity contribution >= 4 is 5.91 Å². The van der Waals surface area contributed by atoms with Crippen LogP contribution in [-0.2, 0) is 6.18 Å². The summed E-state index contributed by atoms with van der Waals surface area (Å²) in [5, 5.41) is 8.91. The van der Waals surface area contributed by atoms with Crippen LogP contribution in [0.4, 0.5) is 13.2 Å². The van der Waals surface area contributed by atoms with Crippen molar-refractivity contribution in [1.29, 1.82) is 0 Å². The van der Waals surface area contributed by atoms with Crippen molar-refractivity contribution in [2.24, 2.45) is 0 Å². The van der Waals surface area contributed by atoms with Gasteiger partial charge in [-0.05, 0) is 19.1 Å². The van der Waals surface area contributed by atoms with E-state index in [-0.39, 0.29) is 6.61 Å². The molecule has 1 aromatic rings. The van der Waals surface area contributed by atoms with Crippen LogP contribution in [0, 0.1) is 0 Å². The first-order valence-corrected chi connectivity index (χ1v) is 5.33. The normalized spacial score (nSPS) is 13.2. The summed E-state index contributed by atoms with van der Waals surface area (Å²) in [6.45, 7) is 1.24. The predicted octanol–water partition coefficient (Wildman–Crippen LogP) is 2.16. The molecule has 1 N–H and O–H groups in total. The molecular weight excluding hydrogens is 247 g/mol. The maximum absolute atomic E-state index is 12.7. The third kappa shape index (κ3) is 3.01. The first kappa shape index (κ1) is 14.5. The Morgan fingerprint density at radius 1 is 1.39 bits per heavy atom. The highest BCUT2D eigenvalue weighted by Crippen LogP contribution is 2.32. The first-order valence-electron chi connectivity index (χ1n) is 5.33. The van der Waals surface area contributed by atoms with Crippen molar-refractivity contribution < 1.29 is 23.1 Å². The number of rotatable bonds is 3. The van der Waals surface area contributed by atoms with E-state index in [1.165, 1.54) is 19.2 Å². The molecule has 0 fully saturated rings. The van der Waals surface area contributed by atoms with Gasteiger partial charge in [-0.1, -0.05) is 12.1 Å². The largest absolute Gasteiger partial charge is 0.417 e. The van der Waals surface area contributed by atoms with E-state index in [4.69, 9.17) is 5.11 Å². The van der Waals surface area contributed by atoms with Crippen LogP contribution in [0.1, 0.15) is 22.8 Å². The number of alkyl halides is 3. The molecule has 0 radical (unpaired) electrons. The van der Waals surface area contributed by atoms with Gasteiger partial charge in [-0.2, -0.15) is 13.2 Å². The van der Waals surface area contributed by atoms with Crippen LogP contribution in [0.5, 0.6) is 0 Å². The Morgan fingerprint density at radius 2 is 1.94 bits per heavy atom. The van der Waals surface area contributed by atoms with Gasteiger partial charge in [-0.15, -0.1) is 0 Å². The Balaban J connectivity index is 3.14. The minimum atomic E-state index is -4.57. The fourth-order valence-corrected chi connectivity index (χ4v) is 1.43. The van der Waals surface area contributed by atoms with Crippen LogP contribution in [0.25, 0.3) is 0 Å². The van der Waals surface area contributed by atoms with Gasteiger partial charge < -0.3 is 10.0 Å². The van der Waals surface area contributed by atoms with E-state index in [1.54, 1.807) is 6.92 Å². The molecule has 3 nitrogen and oxygen atoms in total. The summed E-state index contributed by atoms with van der Waals surface area (Å²) in [5.74, 6) is -0.760.